The van der Waals surface area contributed by atoms with Crippen LogP contribution in [0.3, 0.4) is 0 Å². The lowest BCUT2D eigenvalue weighted by molar-refractivity contribution is 0.0773. The van der Waals surface area contributed by atoms with E-state index in [0.29, 0.717) is 29.9 Å². The molecule has 0 radical (unpaired) electrons. The number of piperidine rings is 1. The minimum absolute atomic E-state index is 0.0203. The fourth-order valence-corrected chi connectivity index (χ4v) is 4.28. The van der Waals surface area contributed by atoms with Crippen LogP contribution in [0.2, 0.25) is 0 Å². The monoisotopic (exact) mass is 435 g/mol. The summed E-state index contributed by atoms with van der Waals surface area (Å²) in [7, 11) is 0. The van der Waals surface area contributed by atoms with E-state index in [1.54, 1.807) is 0 Å². The topological polar surface area (TPSA) is 52.7 Å². The minimum atomic E-state index is -0.154. The molecule has 32 heavy (non-hydrogen) atoms. The van der Waals surface area contributed by atoms with Crippen LogP contribution in [0.25, 0.3) is 0 Å². The van der Waals surface area contributed by atoms with Gasteiger partial charge in [0, 0.05) is 43.1 Å². The average molecular weight is 436 g/mol. The molecule has 1 heterocycles. The van der Waals surface area contributed by atoms with Crippen LogP contribution in [0.15, 0.2) is 42.5 Å². The summed E-state index contributed by atoms with van der Waals surface area (Å²) < 4.78 is 0. The highest BCUT2D eigenvalue weighted by molar-refractivity contribution is 6.06. The number of unbranched alkanes of at least 4 members (excludes halogenated alkanes) is 1. The van der Waals surface area contributed by atoms with Crippen molar-refractivity contribution >= 4 is 23.2 Å². The first-order valence-electron chi connectivity index (χ1n) is 12.2. The number of nitrogens with zero attached hydrogens (tertiary/aromatic N) is 2. The van der Waals surface area contributed by atoms with Crippen molar-refractivity contribution in [1.82, 2.24) is 4.90 Å². The Balaban J connectivity index is 1.82. The Labute approximate surface area is 192 Å². The van der Waals surface area contributed by atoms with Gasteiger partial charge in [0.1, 0.15) is 0 Å². The molecule has 1 aliphatic heterocycles. The minimum Gasteiger partial charge on any atom is -0.371 e. The molecule has 5 nitrogen and oxygen atoms in total. The third kappa shape index (κ3) is 5.90. The van der Waals surface area contributed by atoms with E-state index in [1.807, 2.05) is 61.2 Å². The number of anilines is 2. The van der Waals surface area contributed by atoms with Gasteiger partial charge in [0.25, 0.3) is 11.8 Å². The molecule has 1 N–H and O–H groups in total. The number of nitrogens with one attached hydrogen (secondary N) is 1. The lowest BCUT2D eigenvalue weighted by Gasteiger charge is -2.31. The molecule has 5 heteroatoms. The lowest BCUT2D eigenvalue weighted by Crippen LogP contribution is -2.35. The van der Waals surface area contributed by atoms with Gasteiger partial charge < -0.3 is 15.1 Å². The zero-order chi connectivity index (χ0) is 22.9. The highest BCUT2D eigenvalue weighted by Gasteiger charge is 2.22. The number of hydrogen-bond acceptors (Lipinski definition) is 3. The number of carbonyl (C=O) groups is 2. The largest absolute Gasteiger partial charge is 0.371 e. The van der Waals surface area contributed by atoms with Crippen molar-refractivity contribution in [2.75, 3.05) is 36.4 Å². The molecule has 0 spiro atoms. The van der Waals surface area contributed by atoms with Gasteiger partial charge in [-0.05, 0) is 81.8 Å². The quantitative estimate of drug-likeness (QED) is 0.545. The Morgan fingerprint density at radius 2 is 1.62 bits per heavy atom. The summed E-state index contributed by atoms with van der Waals surface area (Å²) in [5.41, 5.74) is 4.17. The maximum Gasteiger partial charge on any atom is 0.256 e. The van der Waals surface area contributed by atoms with Crippen LogP contribution in [0.1, 0.15) is 79.2 Å². The smallest absolute Gasteiger partial charge is 0.256 e. The molecular weight excluding hydrogens is 398 g/mol. The van der Waals surface area contributed by atoms with E-state index >= 15 is 0 Å². The third-order valence-electron chi connectivity index (χ3n) is 6.27. The van der Waals surface area contributed by atoms with Gasteiger partial charge in [-0.25, -0.2) is 0 Å². The second kappa shape index (κ2) is 11.7. The van der Waals surface area contributed by atoms with Crippen molar-refractivity contribution in [2.45, 2.75) is 59.3 Å². The summed E-state index contributed by atoms with van der Waals surface area (Å²) in [5, 5.41) is 2.99. The van der Waals surface area contributed by atoms with Crippen molar-refractivity contribution in [1.29, 1.82) is 0 Å². The van der Waals surface area contributed by atoms with Gasteiger partial charge in [0.15, 0.2) is 0 Å². The number of benzene rings is 2. The summed E-state index contributed by atoms with van der Waals surface area (Å²) >= 11 is 0. The van der Waals surface area contributed by atoms with E-state index in [2.05, 4.69) is 17.1 Å². The van der Waals surface area contributed by atoms with E-state index in [1.165, 1.54) is 12.0 Å². The third-order valence-corrected chi connectivity index (χ3v) is 6.27. The summed E-state index contributed by atoms with van der Waals surface area (Å²) in [6.45, 7) is 9.43. The molecule has 1 fully saturated rings. The second-order valence-electron chi connectivity index (χ2n) is 8.51. The van der Waals surface area contributed by atoms with Gasteiger partial charge in [-0.3, -0.25) is 9.59 Å². The van der Waals surface area contributed by atoms with Crippen LogP contribution in [0.4, 0.5) is 11.4 Å². The highest BCUT2D eigenvalue weighted by Crippen LogP contribution is 2.28. The van der Waals surface area contributed by atoms with Gasteiger partial charge in [0.2, 0.25) is 0 Å². The zero-order valence-electron chi connectivity index (χ0n) is 19.8. The second-order valence-corrected chi connectivity index (χ2v) is 8.51. The van der Waals surface area contributed by atoms with Crippen LogP contribution < -0.4 is 10.2 Å². The van der Waals surface area contributed by atoms with E-state index in [4.69, 9.17) is 0 Å². The first kappa shape index (κ1) is 23.8. The van der Waals surface area contributed by atoms with Gasteiger partial charge in [0.05, 0.1) is 5.56 Å². The van der Waals surface area contributed by atoms with Crippen molar-refractivity contribution in [3.05, 3.63) is 59.2 Å². The van der Waals surface area contributed by atoms with Crippen LogP contribution in [-0.2, 0) is 6.42 Å². The first-order chi connectivity index (χ1) is 15.6. The normalized spacial score (nSPS) is 13.7. The van der Waals surface area contributed by atoms with Crippen LogP contribution in [-0.4, -0.2) is 42.9 Å². The predicted octanol–water partition coefficient (Wildman–Crippen LogP) is 5.75. The molecule has 0 bridgehead atoms. The first-order valence-corrected chi connectivity index (χ1v) is 12.2. The van der Waals surface area contributed by atoms with Crippen molar-refractivity contribution in [2.24, 2.45) is 0 Å². The molecule has 0 aromatic heterocycles. The lowest BCUT2D eigenvalue weighted by atomic mass is 10.0. The predicted molar refractivity (Wildman–Crippen MR) is 133 cm³/mol. The molecule has 1 saturated heterocycles. The Morgan fingerprint density at radius 3 is 2.25 bits per heavy atom. The molecule has 0 saturated carbocycles. The van der Waals surface area contributed by atoms with E-state index in [9.17, 15) is 9.59 Å². The molecule has 3 rings (SSSR count). The van der Waals surface area contributed by atoms with Crippen LogP contribution in [0, 0.1) is 0 Å². The summed E-state index contributed by atoms with van der Waals surface area (Å²) in [5.74, 6) is -0.133. The maximum atomic E-state index is 13.3. The highest BCUT2D eigenvalue weighted by atomic mass is 16.2. The Kier molecular flexibility index (Phi) is 8.72. The van der Waals surface area contributed by atoms with E-state index in [-0.39, 0.29) is 11.8 Å². The van der Waals surface area contributed by atoms with Crippen molar-refractivity contribution < 1.29 is 9.59 Å². The van der Waals surface area contributed by atoms with E-state index in [0.717, 1.165) is 50.9 Å². The van der Waals surface area contributed by atoms with Gasteiger partial charge in [-0.1, -0.05) is 25.5 Å². The van der Waals surface area contributed by atoms with Gasteiger partial charge in [-0.15, -0.1) is 0 Å². The zero-order valence-corrected chi connectivity index (χ0v) is 19.8. The molecule has 1 aliphatic rings. The maximum absolute atomic E-state index is 13.3. The molecule has 0 unspecified atom stereocenters. The number of hydrogen-bond donors (Lipinski definition) is 1. The van der Waals surface area contributed by atoms with Gasteiger partial charge in [-0.2, -0.15) is 0 Å². The Bertz CT molecular complexity index is 898. The van der Waals surface area contributed by atoms with Crippen LogP contribution in [0.5, 0.6) is 0 Å². The standard InChI is InChI=1S/C27H37N3O2/c1-4-7-11-21-12-14-22(15-13-21)26(31)28-23-16-17-25(30-18-9-8-10-19-30)24(20-23)27(32)29(5-2)6-3/h12-17,20H,4-11,18-19H2,1-3H3,(H,28,31). The molecule has 0 atom stereocenters. The number of carbonyl (C=O) groups excluding carboxylic acids is 2. The molecule has 172 valence electrons. The number of aryl methyl sites for hydroxylation is 1. The molecule has 2 aromatic rings. The fourth-order valence-electron chi connectivity index (χ4n) is 4.28. The molecule has 0 aliphatic carbocycles. The Hall–Kier alpha value is -2.82. The van der Waals surface area contributed by atoms with E-state index < -0.39 is 0 Å². The number of amides is 2. The molecular formula is C27H37N3O2. The molecule has 2 aromatic carbocycles. The summed E-state index contributed by atoms with van der Waals surface area (Å²) in [6, 6.07) is 13.6. The SMILES string of the molecule is CCCCc1ccc(C(=O)Nc2ccc(N3CCCCC3)c(C(=O)N(CC)CC)c2)cc1. The fraction of sp³-hybridized carbons (Fsp3) is 0.481. The number of rotatable bonds is 9. The van der Waals surface area contributed by atoms with Crippen LogP contribution >= 0.6 is 0 Å². The van der Waals surface area contributed by atoms with Gasteiger partial charge >= 0.3 is 0 Å². The summed E-state index contributed by atoms with van der Waals surface area (Å²) in [4.78, 5) is 30.3. The average Bonchev–Trinajstić information content (AvgIpc) is 2.84. The Morgan fingerprint density at radius 1 is 0.938 bits per heavy atom. The summed E-state index contributed by atoms with van der Waals surface area (Å²) in [6.07, 6.45) is 6.87. The van der Waals surface area contributed by atoms with Crippen molar-refractivity contribution in [3.63, 3.8) is 0 Å². The molecule has 2 amide bonds. The van der Waals surface area contributed by atoms with Crippen molar-refractivity contribution in [3.8, 4) is 0 Å².